The van der Waals surface area contributed by atoms with Gasteiger partial charge < -0.3 is 20.5 Å². The summed E-state index contributed by atoms with van der Waals surface area (Å²) in [6, 6.07) is 6.15. The SMILES string of the molecule is COCCN=C(N)NCCc1cc(C)ccc1OC.I. The minimum absolute atomic E-state index is 0. The van der Waals surface area contributed by atoms with Gasteiger partial charge in [0.25, 0.3) is 0 Å². The molecule has 0 bridgehead atoms. The van der Waals surface area contributed by atoms with Gasteiger partial charge in [0.15, 0.2) is 5.96 Å². The molecule has 6 heteroatoms. The number of hydrogen-bond acceptors (Lipinski definition) is 3. The van der Waals surface area contributed by atoms with Crippen molar-refractivity contribution in [2.24, 2.45) is 10.7 Å². The topological polar surface area (TPSA) is 68.9 Å². The first kappa shape index (κ1) is 19.0. The minimum Gasteiger partial charge on any atom is -0.496 e. The van der Waals surface area contributed by atoms with Crippen LogP contribution >= 0.6 is 24.0 Å². The van der Waals surface area contributed by atoms with Crippen molar-refractivity contribution in [1.82, 2.24) is 5.32 Å². The molecule has 0 aliphatic carbocycles. The predicted molar refractivity (Wildman–Crippen MR) is 93.2 cm³/mol. The summed E-state index contributed by atoms with van der Waals surface area (Å²) < 4.78 is 10.2. The summed E-state index contributed by atoms with van der Waals surface area (Å²) in [7, 11) is 3.32. The van der Waals surface area contributed by atoms with E-state index in [1.165, 1.54) is 11.1 Å². The van der Waals surface area contributed by atoms with Crippen LogP contribution in [0.15, 0.2) is 23.2 Å². The third-order valence-electron chi connectivity index (χ3n) is 2.71. The van der Waals surface area contributed by atoms with Gasteiger partial charge in [0.2, 0.25) is 0 Å². The fourth-order valence-electron chi connectivity index (χ4n) is 1.74. The lowest BCUT2D eigenvalue weighted by atomic mass is 10.1. The van der Waals surface area contributed by atoms with Crippen molar-refractivity contribution < 1.29 is 9.47 Å². The Balaban J connectivity index is 0.00000361. The molecule has 1 rings (SSSR count). The van der Waals surface area contributed by atoms with E-state index in [0.29, 0.717) is 19.1 Å². The summed E-state index contributed by atoms with van der Waals surface area (Å²) in [4.78, 5) is 4.13. The van der Waals surface area contributed by atoms with E-state index in [1.54, 1.807) is 14.2 Å². The van der Waals surface area contributed by atoms with Gasteiger partial charge in [-0.3, -0.25) is 4.99 Å². The van der Waals surface area contributed by atoms with E-state index < -0.39 is 0 Å². The Labute approximate surface area is 138 Å². The molecular weight excluding hydrogens is 369 g/mol. The Hall–Kier alpha value is -1.02. The van der Waals surface area contributed by atoms with Crippen molar-refractivity contribution in [3.8, 4) is 5.75 Å². The van der Waals surface area contributed by atoms with Crippen LogP contribution in [0.25, 0.3) is 0 Å². The molecule has 0 aromatic heterocycles. The standard InChI is InChI=1S/C14H23N3O2.HI/c1-11-4-5-13(19-3)12(10-11)6-7-16-14(15)17-8-9-18-2;/h4-5,10H,6-9H2,1-3H3,(H3,15,16,17);1H. The van der Waals surface area contributed by atoms with E-state index in [0.717, 1.165) is 18.7 Å². The maximum absolute atomic E-state index is 5.73. The van der Waals surface area contributed by atoms with Crippen molar-refractivity contribution in [2.75, 3.05) is 33.9 Å². The smallest absolute Gasteiger partial charge is 0.188 e. The molecule has 0 spiro atoms. The summed E-state index contributed by atoms with van der Waals surface area (Å²) in [5.74, 6) is 1.35. The van der Waals surface area contributed by atoms with Gasteiger partial charge in [-0.15, -0.1) is 24.0 Å². The zero-order valence-electron chi connectivity index (χ0n) is 12.3. The van der Waals surface area contributed by atoms with Crippen molar-refractivity contribution >= 4 is 29.9 Å². The van der Waals surface area contributed by atoms with Gasteiger partial charge in [-0.2, -0.15) is 0 Å². The average molecular weight is 393 g/mol. The van der Waals surface area contributed by atoms with Gasteiger partial charge in [-0.05, 0) is 25.0 Å². The number of aryl methyl sites for hydroxylation is 1. The van der Waals surface area contributed by atoms with Crippen molar-refractivity contribution in [1.29, 1.82) is 0 Å². The van der Waals surface area contributed by atoms with Crippen LogP contribution < -0.4 is 15.8 Å². The molecule has 0 atom stereocenters. The molecule has 0 saturated carbocycles. The molecular formula is C14H24IN3O2. The molecule has 0 unspecified atom stereocenters. The summed E-state index contributed by atoms with van der Waals surface area (Å²) >= 11 is 0. The number of benzene rings is 1. The van der Waals surface area contributed by atoms with E-state index in [9.17, 15) is 0 Å². The van der Waals surface area contributed by atoms with Crippen LogP contribution in [0.4, 0.5) is 0 Å². The molecule has 0 aliphatic rings. The highest BCUT2D eigenvalue weighted by atomic mass is 127. The second-order valence-electron chi connectivity index (χ2n) is 4.25. The number of aliphatic imine (C=N–C) groups is 1. The Morgan fingerprint density at radius 1 is 1.35 bits per heavy atom. The van der Waals surface area contributed by atoms with E-state index in [4.69, 9.17) is 15.2 Å². The number of nitrogens with two attached hydrogens (primary N) is 1. The van der Waals surface area contributed by atoms with Gasteiger partial charge in [0.05, 0.1) is 20.3 Å². The van der Waals surface area contributed by atoms with Crippen molar-refractivity contribution in [3.63, 3.8) is 0 Å². The second kappa shape index (κ2) is 10.7. The molecule has 0 radical (unpaired) electrons. The highest BCUT2D eigenvalue weighted by Gasteiger charge is 2.03. The first-order valence-corrected chi connectivity index (χ1v) is 6.33. The van der Waals surface area contributed by atoms with Gasteiger partial charge in [0.1, 0.15) is 5.75 Å². The largest absolute Gasteiger partial charge is 0.496 e. The van der Waals surface area contributed by atoms with E-state index >= 15 is 0 Å². The second-order valence-corrected chi connectivity index (χ2v) is 4.25. The van der Waals surface area contributed by atoms with Crippen LogP contribution in [-0.2, 0) is 11.2 Å². The van der Waals surface area contributed by atoms with Crippen LogP contribution in [0.3, 0.4) is 0 Å². The number of hydrogen-bond donors (Lipinski definition) is 2. The highest BCUT2D eigenvalue weighted by Crippen LogP contribution is 2.19. The van der Waals surface area contributed by atoms with Gasteiger partial charge in [-0.1, -0.05) is 17.7 Å². The summed E-state index contributed by atoms with van der Waals surface area (Å²) in [5.41, 5.74) is 8.12. The maximum atomic E-state index is 5.73. The molecule has 0 saturated heterocycles. The molecule has 0 fully saturated rings. The third-order valence-corrected chi connectivity index (χ3v) is 2.71. The lowest BCUT2D eigenvalue weighted by Crippen LogP contribution is -2.33. The molecule has 0 heterocycles. The summed E-state index contributed by atoms with van der Waals surface area (Å²) in [5, 5.41) is 3.08. The first-order chi connectivity index (χ1) is 9.17. The molecule has 5 nitrogen and oxygen atoms in total. The molecule has 3 N–H and O–H groups in total. The van der Waals surface area contributed by atoms with Crippen molar-refractivity contribution in [3.05, 3.63) is 29.3 Å². The first-order valence-electron chi connectivity index (χ1n) is 6.33. The number of guanidine groups is 1. The van der Waals surface area contributed by atoms with E-state index in [-0.39, 0.29) is 24.0 Å². The molecule has 0 amide bonds. The number of methoxy groups -OCH3 is 2. The number of rotatable bonds is 7. The molecule has 0 aliphatic heterocycles. The normalized spacial score (nSPS) is 10.8. The highest BCUT2D eigenvalue weighted by molar-refractivity contribution is 14.0. The van der Waals surface area contributed by atoms with E-state index in [1.807, 2.05) is 12.1 Å². The van der Waals surface area contributed by atoms with Crippen LogP contribution in [-0.4, -0.2) is 39.9 Å². The van der Waals surface area contributed by atoms with E-state index in [2.05, 4.69) is 23.3 Å². The van der Waals surface area contributed by atoms with Gasteiger partial charge in [-0.25, -0.2) is 0 Å². The number of ether oxygens (including phenoxy) is 2. The third kappa shape index (κ3) is 6.95. The summed E-state index contributed by atoms with van der Waals surface area (Å²) in [6.07, 6.45) is 0.839. The van der Waals surface area contributed by atoms with Crippen LogP contribution in [0.2, 0.25) is 0 Å². The fourth-order valence-corrected chi connectivity index (χ4v) is 1.74. The molecule has 114 valence electrons. The van der Waals surface area contributed by atoms with Gasteiger partial charge >= 0.3 is 0 Å². The maximum Gasteiger partial charge on any atom is 0.188 e. The number of halogens is 1. The minimum atomic E-state index is 0. The van der Waals surface area contributed by atoms with Crippen LogP contribution in [0.5, 0.6) is 5.75 Å². The predicted octanol–water partition coefficient (Wildman–Crippen LogP) is 1.71. The lowest BCUT2D eigenvalue weighted by Gasteiger charge is -2.10. The average Bonchev–Trinajstić information content (AvgIpc) is 2.39. The molecule has 1 aromatic carbocycles. The zero-order valence-corrected chi connectivity index (χ0v) is 14.6. The van der Waals surface area contributed by atoms with Crippen LogP contribution in [0, 0.1) is 6.92 Å². The molecule has 1 aromatic rings. The molecule has 20 heavy (non-hydrogen) atoms. The Kier molecular flexibility index (Phi) is 10.2. The zero-order chi connectivity index (χ0) is 14.1. The fraction of sp³-hybridized carbons (Fsp3) is 0.500. The lowest BCUT2D eigenvalue weighted by molar-refractivity contribution is 0.208. The summed E-state index contributed by atoms with van der Waals surface area (Å²) in [6.45, 7) is 3.94. The Morgan fingerprint density at radius 2 is 2.10 bits per heavy atom. The van der Waals surface area contributed by atoms with Crippen LogP contribution in [0.1, 0.15) is 11.1 Å². The Bertz CT molecular complexity index is 425. The number of nitrogens with one attached hydrogen (secondary N) is 1. The number of nitrogens with zero attached hydrogens (tertiary/aromatic N) is 1. The quantitative estimate of drug-likeness (QED) is 0.320. The van der Waals surface area contributed by atoms with Crippen molar-refractivity contribution in [2.45, 2.75) is 13.3 Å². The monoisotopic (exact) mass is 393 g/mol. The van der Waals surface area contributed by atoms with Gasteiger partial charge in [0, 0.05) is 13.7 Å². The Morgan fingerprint density at radius 3 is 2.75 bits per heavy atom.